The van der Waals surface area contributed by atoms with E-state index in [9.17, 15) is 0 Å². The minimum atomic E-state index is 0.488. The SMILES string of the molecule is CCCC1CC(CN)(SC2CCCCC2)C1. The van der Waals surface area contributed by atoms with Crippen LogP contribution in [0, 0.1) is 5.92 Å². The van der Waals surface area contributed by atoms with Gasteiger partial charge in [0.15, 0.2) is 0 Å². The van der Waals surface area contributed by atoms with Gasteiger partial charge in [-0.25, -0.2) is 0 Å². The van der Waals surface area contributed by atoms with Crippen LogP contribution < -0.4 is 5.73 Å². The molecule has 0 aromatic carbocycles. The minimum absolute atomic E-state index is 0.488. The Bertz CT molecular complexity index is 205. The summed E-state index contributed by atoms with van der Waals surface area (Å²) in [4.78, 5) is 0. The largest absolute Gasteiger partial charge is 0.329 e. The van der Waals surface area contributed by atoms with Crippen molar-refractivity contribution in [1.82, 2.24) is 0 Å². The highest BCUT2D eigenvalue weighted by Gasteiger charge is 2.44. The maximum Gasteiger partial charge on any atom is 0.0290 e. The van der Waals surface area contributed by atoms with E-state index in [0.29, 0.717) is 4.75 Å². The first kappa shape index (κ1) is 12.8. The molecule has 0 unspecified atom stereocenters. The van der Waals surface area contributed by atoms with Crippen LogP contribution in [0.4, 0.5) is 0 Å². The van der Waals surface area contributed by atoms with Crippen molar-refractivity contribution in [2.45, 2.75) is 74.7 Å². The zero-order valence-electron chi connectivity index (χ0n) is 10.7. The molecule has 0 spiro atoms. The maximum atomic E-state index is 6.02. The van der Waals surface area contributed by atoms with Crippen molar-refractivity contribution in [2.24, 2.45) is 11.7 Å². The highest BCUT2D eigenvalue weighted by molar-refractivity contribution is 8.01. The van der Waals surface area contributed by atoms with E-state index in [1.807, 2.05) is 0 Å². The van der Waals surface area contributed by atoms with Crippen LogP contribution >= 0.6 is 11.8 Å². The molecule has 0 aromatic heterocycles. The van der Waals surface area contributed by atoms with Crippen LogP contribution in [0.3, 0.4) is 0 Å². The molecule has 2 saturated carbocycles. The number of hydrogen-bond acceptors (Lipinski definition) is 2. The van der Waals surface area contributed by atoms with Gasteiger partial charge in [0.25, 0.3) is 0 Å². The van der Waals surface area contributed by atoms with Gasteiger partial charge in [-0.1, -0.05) is 39.0 Å². The summed E-state index contributed by atoms with van der Waals surface area (Å²) in [6.07, 6.45) is 12.8. The molecule has 0 amide bonds. The third kappa shape index (κ3) is 2.95. The topological polar surface area (TPSA) is 26.0 Å². The van der Waals surface area contributed by atoms with Gasteiger partial charge >= 0.3 is 0 Å². The Kier molecular flexibility index (Phi) is 4.60. The molecule has 2 N–H and O–H groups in total. The van der Waals surface area contributed by atoms with Gasteiger partial charge in [-0.05, 0) is 31.6 Å². The van der Waals surface area contributed by atoms with E-state index >= 15 is 0 Å². The molecule has 0 bridgehead atoms. The fourth-order valence-electron chi connectivity index (χ4n) is 3.45. The van der Waals surface area contributed by atoms with Crippen LogP contribution in [0.2, 0.25) is 0 Å². The lowest BCUT2D eigenvalue weighted by Gasteiger charge is -2.49. The second-order valence-electron chi connectivity index (χ2n) is 5.83. The van der Waals surface area contributed by atoms with E-state index in [1.165, 1.54) is 57.8 Å². The monoisotopic (exact) mass is 241 g/mol. The average Bonchev–Trinajstić information content (AvgIpc) is 2.27. The molecule has 1 nitrogen and oxygen atoms in total. The van der Waals surface area contributed by atoms with Crippen molar-refractivity contribution in [3.05, 3.63) is 0 Å². The number of rotatable bonds is 5. The Morgan fingerprint density at radius 3 is 2.44 bits per heavy atom. The normalized spacial score (nSPS) is 36.0. The first-order valence-electron chi connectivity index (χ1n) is 7.16. The molecule has 2 aliphatic carbocycles. The number of thioether (sulfide) groups is 1. The van der Waals surface area contributed by atoms with Crippen molar-refractivity contribution in [3.63, 3.8) is 0 Å². The zero-order valence-corrected chi connectivity index (χ0v) is 11.5. The lowest BCUT2D eigenvalue weighted by molar-refractivity contribution is 0.219. The molecular weight excluding hydrogens is 214 g/mol. The number of nitrogens with two attached hydrogens (primary N) is 1. The molecule has 0 saturated heterocycles. The molecule has 2 heteroatoms. The van der Waals surface area contributed by atoms with Gasteiger partial charge in [-0.15, -0.1) is 0 Å². The Morgan fingerprint density at radius 2 is 1.88 bits per heavy atom. The average molecular weight is 241 g/mol. The van der Waals surface area contributed by atoms with E-state index in [1.54, 1.807) is 0 Å². The number of hydrogen-bond donors (Lipinski definition) is 1. The summed E-state index contributed by atoms with van der Waals surface area (Å²) in [7, 11) is 0. The fraction of sp³-hybridized carbons (Fsp3) is 1.00. The molecule has 0 heterocycles. The Labute approximate surface area is 105 Å². The van der Waals surface area contributed by atoms with Gasteiger partial charge in [0.1, 0.15) is 0 Å². The third-order valence-electron chi connectivity index (χ3n) is 4.36. The van der Waals surface area contributed by atoms with E-state index < -0.39 is 0 Å². The van der Waals surface area contributed by atoms with Gasteiger partial charge in [0.2, 0.25) is 0 Å². The first-order chi connectivity index (χ1) is 7.78. The molecule has 2 aliphatic rings. The predicted octanol–water partition coefficient (Wildman–Crippen LogP) is 3.96. The van der Waals surface area contributed by atoms with Crippen molar-refractivity contribution in [2.75, 3.05) is 6.54 Å². The van der Waals surface area contributed by atoms with Crippen LogP contribution in [-0.2, 0) is 0 Å². The van der Waals surface area contributed by atoms with Gasteiger partial charge in [0.05, 0.1) is 0 Å². The van der Waals surface area contributed by atoms with Crippen molar-refractivity contribution < 1.29 is 0 Å². The summed E-state index contributed by atoms with van der Waals surface area (Å²) in [5.41, 5.74) is 6.02. The second kappa shape index (κ2) is 5.77. The van der Waals surface area contributed by atoms with Gasteiger partial charge in [0, 0.05) is 16.5 Å². The first-order valence-corrected chi connectivity index (χ1v) is 8.04. The molecule has 94 valence electrons. The fourth-order valence-corrected chi connectivity index (χ4v) is 5.49. The van der Waals surface area contributed by atoms with Crippen LogP contribution in [0.25, 0.3) is 0 Å². The van der Waals surface area contributed by atoms with Crippen molar-refractivity contribution in [3.8, 4) is 0 Å². The summed E-state index contributed by atoms with van der Waals surface area (Å²) in [6.45, 7) is 3.21. The van der Waals surface area contributed by atoms with Gasteiger partial charge < -0.3 is 5.73 Å². The molecular formula is C14H27NS. The van der Waals surface area contributed by atoms with Crippen LogP contribution in [0.1, 0.15) is 64.7 Å². The van der Waals surface area contributed by atoms with Crippen molar-refractivity contribution in [1.29, 1.82) is 0 Å². The summed E-state index contributed by atoms with van der Waals surface area (Å²) < 4.78 is 0.488. The van der Waals surface area contributed by atoms with E-state index in [4.69, 9.17) is 5.73 Å². The van der Waals surface area contributed by atoms with Crippen LogP contribution in [0.5, 0.6) is 0 Å². The Morgan fingerprint density at radius 1 is 1.19 bits per heavy atom. The Balaban J connectivity index is 1.77. The molecule has 0 aliphatic heterocycles. The van der Waals surface area contributed by atoms with E-state index in [0.717, 1.165) is 17.7 Å². The van der Waals surface area contributed by atoms with E-state index in [2.05, 4.69) is 18.7 Å². The predicted molar refractivity (Wildman–Crippen MR) is 73.9 cm³/mol. The summed E-state index contributed by atoms with van der Waals surface area (Å²) in [5, 5.41) is 0.930. The second-order valence-corrected chi connectivity index (χ2v) is 7.60. The standard InChI is InChI=1S/C14H27NS/c1-2-6-12-9-14(10-12,11-15)16-13-7-4-3-5-8-13/h12-13H,2-11,15H2,1H3. The smallest absolute Gasteiger partial charge is 0.0290 e. The molecule has 2 rings (SSSR count). The van der Waals surface area contributed by atoms with Crippen molar-refractivity contribution >= 4 is 11.8 Å². The lowest BCUT2D eigenvalue weighted by atomic mass is 9.72. The third-order valence-corrected chi connectivity index (χ3v) is 6.16. The van der Waals surface area contributed by atoms with E-state index in [-0.39, 0.29) is 0 Å². The highest BCUT2D eigenvalue weighted by atomic mass is 32.2. The summed E-state index contributed by atoms with van der Waals surface area (Å²) in [6, 6.07) is 0. The minimum Gasteiger partial charge on any atom is -0.329 e. The molecule has 0 aromatic rings. The molecule has 0 atom stereocenters. The quantitative estimate of drug-likeness (QED) is 0.788. The van der Waals surface area contributed by atoms with Crippen LogP contribution in [-0.4, -0.2) is 16.5 Å². The lowest BCUT2D eigenvalue weighted by Crippen LogP contribution is -2.48. The molecule has 0 radical (unpaired) electrons. The Hall–Kier alpha value is 0.310. The molecule has 2 fully saturated rings. The van der Waals surface area contributed by atoms with Crippen LogP contribution in [0.15, 0.2) is 0 Å². The van der Waals surface area contributed by atoms with Gasteiger partial charge in [-0.2, -0.15) is 11.8 Å². The van der Waals surface area contributed by atoms with Gasteiger partial charge in [-0.3, -0.25) is 0 Å². The zero-order chi connectivity index (χ0) is 11.4. The highest BCUT2D eigenvalue weighted by Crippen LogP contribution is 2.52. The summed E-state index contributed by atoms with van der Waals surface area (Å²) >= 11 is 2.26. The maximum absolute atomic E-state index is 6.02. The summed E-state index contributed by atoms with van der Waals surface area (Å²) in [5.74, 6) is 0.990. The molecule has 16 heavy (non-hydrogen) atoms.